The number of anilines is 1. The van der Waals surface area contributed by atoms with Gasteiger partial charge in [0, 0.05) is 5.69 Å². The fourth-order valence-electron chi connectivity index (χ4n) is 2.02. The monoisotopic (exact) mass is 283 g/mol. The third-order valence-corrected chi connectivity index (χ3v) is 3.46. The number of pyridine rings is 1. The minimum Gasteiger partial charge on any atom is -0.377 e. The van der Waals surface area contributed by atoms with Gasteiger partial charge in [-0.2, -0.15) is 5.26 Å². The maximum Gasteiger partial charge on any atom is 0.141 e. The molecule has 108 valence electrons. The molecule has 1 aromatic carbocycles. The molecule has 0 radical (unpaired) electrons. The zero-order valence-electron chi connectivity index (χ0n) is 12.4. The summed E-state index contributed by atoms with van der Waals surface area (Å²) in [6, 6.07) is 13.1. The lowest BCUT2D eigenvalue weighted by Gasteiger charge is -2.18. The molecule has 1 atom stereocenters. The Bertz CT molecular complexity index is 639. The van der Waals surface area contributed by atoms with Crippen LogP contribution >= 0.6 is 0 Å². The molecule has 1 unspecified atom stereocenters. The molecule has 0 fully saturated rings. The first-order valence-electron chi connectivity index (χ1n) is 6.82. The van der Waals surface area contributed by atoms with Gasteiger partial charge in [-0.1, -0.05) is 12.1 Å². The van der Waals surface area contributed by atoms with Crippen LogP contribution in [0.25, 0.3) is 0 Å². The van der Waals surface area contributed by atoms with Crippen molar-refractivity contribution in [3.8, 4) is 6.07 Å². The Kier molecular flexibility index (Phi) is 4.23. The fraction of sp³-hybridized carbons (Fsp3) is 0.294. The lowest BCUT2D eigenvalue weighted by molar-refractivity contribution is 0.617. The van der Waals surface area contributed by atoms with Crippen LogP contribution in [0.2, 0.25) is 0 Å². The molecule has 3 nitrogen and oxygen atoms in total. The van der Waals surface area contributed by atoms with E-state index in [2.05, 4.69) is 16.4 Å². The van der Waals surface area contributed by atoms with Gasteiger partial charge in [0.05, 0.1) is 29.4 Å². The standard InChI is InChI=1S/C17H18FN3/c1-12(16-9-6-14(18)10-20-16)21-15-7-4-13(5-8-15)17(2,3)11-19/h4-10,12,21H,1-3H3. The minimum absolute atomic E-state index is 0.0274. The molecule has 4 heteroatoms. The van der Waals surface area contributed by atoms with Crippen LogP contribution in [0.1, 0.15) is 38.1 Å². The van der Waals surface area contributed by atoms with Gasteiger partial charge in [-0.15, -0.1) is 0 Å². The van der Waals surface area contributed by atoms with Crippen molar-refractivity contribution in [3.05, 3.63) is 59.7 Å². The predicted molar refractivity (Wildman–Crippen MR) is 81.3 cm³/mol. The van der Waals surface area contributed by atoms with E-state index in [0.29, 0.717) is 0 Å². The average Bonchev–Trinajstić information content (AvgIpc) is 2.48. The Morgan fingerprint density at radius 3 is 2.38 bits per heavy atom. The molecule has 0 amide bonds. The molecule has 0 aliphatic carbocycles. The second kappa shape index (κ2) is 5.92. The van der Waals surface area contributed by atoms with Gasteiger partial charge in [0.25, 0.3) is 0 Å². The molecule has 0 saturated heterocycles. The van der Waals surface area contributed by atoms with E-state index in [1.165, 1.54) is 12.3 Å². The SMILES string of the molecule is CC(Nc1ccc(C(C)(C)C#N)cc1)c1ccc(F)cn1. The summed E-state index contributed by atoms with van der Waals surface area (Å²) in [4.78, 5) is 4.06. The van der Waals surface area contributed by atoms with E-state index in [1.807, 2.05) is 45.0 Å². The van der Waals surface area contributed by atoms with Gasteiger partial charge < -0.3 is 5.32 Å². The summed E-state index contributed by atoms with van der Waals surface area (Å²) in [5.74, 6) is -0.339. The van der Waals surface area contributed by atoms with Crippen LogP contribution in [0.5, 0.6) is 0 Å². The van der Waals surface area contributed by atoms with Crippen molar-refractivity contribution in [1.82, 2.24) is 4.98 Å². The molecule has 0 aliphatic rings. The Morgan fingerprint density at radius 2 is 1.86 bits per heavy atom. The van der Waals surface area contributed by atoms with Gasteiger partial charge in [0.15, 0.2) is 0 Å². The highest BCUT2D eigenvalue weighted by Crippen LogP contribution is 2.25. The van der Waals surface area contributed by atoms with E-state index in [-0.39, 0.29) is 11.9 Å². The smallest absolute Gasteiger partial charge is 0.141 e. The molecule has 1 N–H and O–H groups in total. The number of benzene rings is 1. The van der Waals surface area contributed by atoms with Crippen molar-refractivity contribution in [2.45, 2.75) is 32.2 Å². The zero-order valence-corrected chi connectivity index (χ0v) is 12.4. The Balaban J connectivity index is 2.10. The van der Waals surface area contributed by atoms with Crippen LogP contribution in [-0.2, 0) is 5.41 Å². The summed E-state index contributed by atoms with van der Waals surface area (Å²) in [5, 5.41) is 12.4. The largest absolute Gasteiger partial charge is 0.377 e. The Hall–Kier alpha value is -2.41. The molecule has 0 aliphatic heterocycles. The minimum atomic E-state index is -0.497. The number of nitriles is 1. The highest BCUT2D eigenvalue weighted by molar-refractivity contribution is 5.48. The van der Waals surface area contributed by atoms with Crippen LogP contribution < -0.4 is 5.32 Å². The van der Waals surface area contributed by atoms with Gasteiger partial charge >= 0.3 is 0 Å². The van der Waals surface area contributed by atoms with Crippen LogP contribution in [0, 0.1) is 17.1 Å². The molecular weight excluding hydrogens is 265 g/mol. The fourth-order valence-corrected chi connectivity index (χ4v) is 2.02. The van der Waals surface area contributed by atoms with Crippen LogP contribution in [-0.4, -0.2) is 4.98 Å². The van der Waals surface area contributed by atoms with Gasteiger partial charge in [0.2, 0.25) is 0 Å². The molecule has 0 spiro atoms. The van der Waals surface area contributed by atoms with E-state index in [4.69, 9.17) is 5.26 Å². The van der Waals surface area contributed by atoms with E-state index in [0.717, 1.165) is 16.9 Å². The first-order chi connectivity index (χ1) is 9.92. The molecule has 1 aromatic heterocycles. The summed E-state index contributed by atoms with van der Waals surface area (Å²) in [5.41, 5.74) is 2.19. The third-order valence-electron chi connectivity index (χ3n) is 3.46. The van der Waals surface area contributed by atoms with Crippen molar-refractivity contribution in [1.29, 1.82) is 5.26 Å². The number of nitrogens with zero attached hydrogens (tertiary/aromatic N) is 2. The number of aromatic nitrogens is 1. The Labute approximate surface area is 124 Å². The normalized spacial score (nSPS) is 12.5. The summed E-state index contributed by atoms with van der Waals surface area (Å²) in [6.07, 6.45) is 1.21. The third kappa shape index (κ3) is 3.57. The summed E-state index contributed by atoms with van der Waals surface area (Å²) >= 11 is 0. The maximum absolute atomic E-state index is 12.9. The average molecular weight is 283 g/mol. The van der Waals surface area contributed by atoms with Crippen molar-refractivity contribution in [3.63, 3.8) is 0 Å². The summed E-state index contributed by atoms with van der Waals surface area (Å²) in [6.45, 7) is 5.74. The van der Waals surface area contributed by atoms with Crippen LogP contribution in [0.4, 0.5) is 10.1 Å². The first-order valence-corrected chi connectivity index (χ1v) is 6.82. The van der Waals surface area contributed by atoms with Gasteiger partial charge in [-0.3, -0.25) is 4.98 Å². The zero-order chi connectivity index (χ0) is 15.5. The second-order valence-corrected chi connectivity index (χ2v) is 5.58. The topological polar surface area (TPSA) is 48.7 Å². The second-order valence-electron chi connectivity index (χ2n) is 5.58. The lowest BCUT2D eigenvalue weighted by atomic mass is 9.86. The maximum atomic E-state index is 12.9. The first kappa shape index (κ1) is 15.0. The Morgan fingerprint density at radius 1 is 1.19 bits per heavy atom. The van der Waals surface area contributed by atoms with Crippen molar-refractivity contribution < 1.29 is 4.39 Å². The van der Waals surface area contributed by atoms with Crippen molar-refractivity contribution in [2.24, 2.45) is 0 Å². The van der Waals surface area contributed by atoms with E-state index < -0.39 is 5.41 Å². The number of hydrogen-bond acceptors (Lipinski definition) is 3. The van der Waals surface area contributed by atoms with Crippen LogP contribution in [0.3, 0.4) is 0 Å². The summed E-state index contributed by atoms with van der Waals surface area (Å²) < 4.78 is 12.9. The number of rotatable bonds is 4. The molecule has 0 saturated carbocycles. The van der Waals surface area contributed by atoms with Gasteiger partial charge in [0.1, 0.15) is 5.82 Å². The van der Waals surface area contributed by atoms with E-state index >= 15 is 0 Å². The lowest BCUT2D eigenvalue weighted by Crippen LogP contribution is -2.14. The molecule has 2 aromatic rings. The number of halogens is 1. The molecule has 1 heterocycles. The summed E-state index contributed by atoms with van der Waals surface area (Å²) in [7, 11) is 0. The molecular formula is C17H18FN3. The molecule has 0 bridgehead atoms. The number of nitrogens with one attached hydrogen (secondary N) is 1. The van der Waals surface area contributed by atoms with Crippen LogP contribution in [0.15, 0.2) is 42.6 Å². The highest BCUT2D eigenvalue weighted by Gasteiger charge is 2.19. The van der Waals surface area contributed by atoms with Crippen molar-refractivity contribution in [2.75, 3.05) is 5.32 Å². The highest BCUT2D eigenvalue weighted by atomic mass is 19.1. The molecule has 2 rings (SSSR count). The van der Waals surface area contributed by atoms with E-state index in [9.17, 15) is 4.39 Å². The number of hydrogen-bond donors (Lipinski definition) is 1. The van der Waals surface area contributed by atoms with Gasteiger partial charge in [-0.05, 0) is 50.6 Å². The predicted octanol–water partition coefficient (Wildman–Crippen LogP) is 4.19. The van der Waals surface area contributed by atoms with Crippen molar-refractivity contribution >= 4 is 5.69 Å². The molecule has 21 heavy (non-hydrogen) atoms. The van der Waals surface area contributed by atoms with Gasteiger partial charge in [-0.25, -0.2) is 4.39 Å². The van der Waals surface area contributed by atoms with E-state index in [1.54, 1.807) is 6.07 Å². The quantitative estimate of drug-likeness (QED) is 0.915.